The molecule has 6 heteroatoms. The van der Waals surface area contributed by atoms with Gasteiger partial charge in [-0.3, -0.25) is 9.59 Å². The van der Waals surface area contributed by atoms with Crippen molar-refractivity contribution in [3.63, 3.8) is 0 Å². The maximum absolute atomic E-state index is 12.5. The molecular formula is C71H139NO5. The molecule has 0 saturated carbocycles. The highest BCUT2D eigenvalue weighted by atomic mass is 16.5. The molecule has 2 atom stereocenters. The Morgan fingerprint density at radius 2 is 0.610 bits per heavy atom. The van der Waals surface area contributed by atoms with Crippen LogP contribution in [-0.4, -0.2) is 47.4 Å². The van der Waals surface area contributed by atoms with E-state index in [-0.39, 0.29) is 18.5 Å². The van der Waals surface area contributed by atoms with Crippen LogP contribution < -0.4 is 5.32 Å². The van der Waals surface area contributed by atoms with Gasteiger partial charge in [-0.2, -0.15) is 0 Å². The van der Waals surface area contributed by atoms with E-state index in [4.69, 9.17) is 4.74 Å². The number of carbonyl (C=O) groups excluding carboxylic acids is 2. The summed E-state index contributed by atoms with van der Waals surface area (Å²) in [6.07, 6.45) is 82.6. The SMILES string of the molecule is CCCCCCCCC/C=C\CCCCCCCCCC(=O)OCCCCCCCCCCCCCCCCCCCCCCCCCCCCC(=O)NC(CO)C(O)CCCCCCCCCCCCCCCCCC. The van der Waals surface area contributed by atoms with Gasteiger partial charge in [-0.05, 0) is 51.4 Å². The number of unbranched alkanes of at least 4 members (excludes halogenated alkanes) is 54. The molecule has 0 aliphatic heterocycles. The first-order chi connectivity index (χ1) is 38.0. The van der Waals surface area contributed by atoms with Crippen LogP contribution in [-0.2, 0) is 14.3 Å². The smallest absolute Gasteiger partial charge is 0.305 e. The highest BCUT2D eigenvalue weighted by Crippen LogP contribution is 2.19. The second-order valence-corrected chi connectivity index (χ2v) is 24.6. The molecule has 0 aromatic rings. The minimum Gasteiger partial charge on any atom is -0.466 e. The molecule has 6 nitrogen and oxygen atoms in total. The van der Waals surface area contributed by atoms with Crippen molar-refractivity contribution in [1.29, 1.82) is 0 Å². The molecular weight excluding hydrogens is 947 g/mol. The van der Waals surface area contributed by atoms with Crippen LogP contribution in [0.25, 0.3) is 0 Å². The van der Waals surface area contributed by atoms with Gasteiger partial charge in [0.15, 0.2) is 0 Å². The molecule has 0 saturated heterocycles. The van der Waals surface area contributed by atoms with E-state index in [1.165, 1.54) is 327 Å². The molecule has 0 fully saturated rings. The first kappa shape index (κ1) is 75.6. The fourth-order valence-corrected chi connectivity index (χ4v) is 11.4. The number of ether oxygens (including phenoxy) is 1. The predicted octanol–water partition coefficient (Wildman–Crippen LogP) is 22.8. The van der Waals surface area contributed by atoms with Crippen molar-refractivity contribution in [2.75, 3.05) is 13.2 Å². The molecule has 3 N–H and O–H groups in total. The van der Waals surface area contributed by atoms with E-state index >= 15 is 0 Å². The lowest BCUT2D eigenvalue weighted by atomic mass is 10.0. The number of carbonyl (C=O) groups is 2. The highest BCUT2D eigenvalue weighted by Gasteiger charge is 2.20. The summed E-state index contributed by atoms with van der Waals surface area (Å²) in [7, 11) is 0. The average molecular weight is 1090 g/mol. The van der Waals surface area contributed by atoms with E-state index in [1.807, 2.05) is 0 Å². The summed E-state index contributed by atoms with van der Waals surface area (Å²) in [4.78, 5) is 24.6. The first-order valence-electron chi connectivity index (χ1n) is 35.4. The van der Waals surface area contributed by atoms with Crippen LogP contribution in [0.5, 0.6) is 0 Å². The molecule has 0 rings (SSSR count). The van der Waals surface area contributed by atoms with E-state index in [9.17, 15) is 19.8 Å². The largest absolute Gasteiger partial charge is 0.466 e. The summed E-state index contributed by atoms with van der Waals surface area (Å²) >= 11 is 0. The van der Waals surface area contributed by atoms with Gasteiger partial charge in [0.25, 0.3) is 0 Å². The Morgan fingerprint density at radius 3 is 0.922 bits per heavy atom. The Balaban J connectivity index is 3.33. The maximum atomic E-state index is 12.5. The zero-order valence-corrected chi connectivity index (χ0v) is 52.5. The van der Waals surface area contributed by atoms with Gasteiger partial charge in [0.2, 0.25) is 5.91 Å². The lowest BCUT2D eigenvalue weighted by Gasteiger charge is -2.22. The summed E-state index contributed by atoms with van der Waals surface area (Å²) in [5.41, 5.74) is 0. The number of aliphatic hydroxyl groups excluding tert-OH is 2. The quantitative estimate of drug-likeness (QED) is 0.0320. The molecule has 1 amide bonds. The molecule has 2 unspecified atom stereocenters. The topological polar surface area (TPSA) is 95.9 Å². The Morgan fingerprint density at radius 1 is 0.351 bits per heavy atom. The van der Waals surface area contributed by atoms with Gasteiger partial charge in [-0.1, -0.05) is 353 Å². The van der Waals surface area contributed by atoms with Gasteiger partial charge in [-0.25, -0.2) is 0 Å². The second kappa shape index (κ2) is 67.1. The summed E-state index contributed by atoms with van der Waals surface area (Å²) in [5.74, 6) is -0.0136. The Kier molecular flexibility index (Phi) is 65.9. The van der Waals surface area contributed by atoms with E-state index in [2.05, 4.69) is 31.3 Å². The van der Waals surface area contributed by atoms with Crippen LogP contribution in [0, 0.1) is 0 Å². The van der Waals surface area contributed by atoms with Crippen LogP contribution in [0.3, 0.4) is 0 Å². The monoisotopic (exact) mass is 1090 g/mol. The van der Waals surface area contributed by atoms with Crippen LogP contribution >= 0.6 is 0 Å². The number of esters is 1. The van der Waals surface area contributed by atoms with Crippen molar-refractivity contribution < 1.29 is 24.5 Å². The van der Waals surface area contributed by atoms with Crippen molar-refractivity contribution in [2.45, 2.75) is 418 Å². The van der Waals surface area contributed by atoms with Crippen LogP contribution in [0.1, 0.15) is 406 Å². The number of nitrogens with one attached hydrogen (secondary N) is 1. The number of rotatable bonds is 67. The lowest BCUT2D eigenvalue weighted by Crippen LogP contribution is -2.45. The average Bonchev–Trinajstić information content (AvgIpc) is 3.43. The minimum atomic E-state index is -0.662. The van der Waals surface area contributed by atoms with Gasteiger partial charge in [0.1, 0.15) is 0 Å². The van der Waals surface area contributed by atoms with Crippen molar-refractivity contribution in [2.24, 2.45) is 0 Å². The lowest BCUT2D eigenvalue weighted by molar-refractivity contribution is -0.143. The number of amides is 1. The molecule has 77 heavy (non-hydrogen) atoms. The molecule has 0 aromatic carbocycles. The zero-order chi connectivity index (χ0) is 55.7. The molecule has 458 valence electrons. The van der Waals surface area contributed by atoms with Gasteiger partial charge in [0, 0.05) is 12.8 Å². The minimum absolute atomic E-state index is 0.0155. The number of hydrogen-bond donors (Lipinski definition) is 3. The summed E-state index contributed by atoms with van der Waals surface area (Å²) in [6.45, 7) is 4.99. The van der Waals surface area contributed by atoms with Crippen molar-refractivity contribution >= 4 is 11.9 Å². The maximum Gasteiger partial charge on any atom is 0.305 e. The van der Waals surface area contributed by atoms with E-state index in [0.717, 1.165) is 44.9 Å². The third-order valence-electron chi connectivity index (χ3n) is 16.8. The fraction of sp³-hybridized carbons (Fsp3) is 0.944. The van der Waals surface area contributed by atoms with Crippen LogP contribution in [0.2, 0.25) is 0 Å². The summed E-state index contributed by atoms with van der Waals surface area (Å²) < 4.78 is 5.51. The molecule has 0 aliphatic carbocycles. The molecule has 0 radical (unpaired) electrons. The number of hydrogen-bond acceptors (Lipinski definition) is 5. The van der Waals surface area contributed by atoms with Gasteiger partial charge < -0.3 is 20.3 Å². The fourth-order valence-electron chi connectivity index (χ4n) is 11.4. The van der Waals surface area contributed by atoms with Gasteiger partial charge in [-0.15, -0.1) is 0 Å². The molecule has 0 bridgehead atoms. The number of aliphatic hydroxyl groups is 2. The summed E-state index contributed by atoms with van der Waals surface area (Å²) in [5, 5.41) is 23.4. The van der Waals surface area contributed by atoms with E-state index in [1.54, 1.807) is 0 Å². The van der Waals surface area contributed by atoms with Crippen molar-refractivity contribution in [3.05, 3.63) is 12.2 Å². The van der Waals surface area contributed by atoms with Gasteiger partial charge in [0.05, 0.1) is 25.4 Å². The number of allylic oxidation sites excluding steroid dienone is 2. The molecule has 0 aromatic heterocycles. The zero-order valence-electron chi connectivity index (χ0n) is 52.5. The molecule has 0 spiro atoms. The second-order valence-electron chi connectivity index (χ2n) is 24.6. The predicted molar refractivity (Wildman–Crippen MR) is 338 cm³/mol. The van der Waals surface area contributed by atoms with Crippen molar-refractivity contribution in [1.82, 2.24) is 5.32 Å². The third kappa shape index (κ3) is 63.6. The Bertz CT molecular complexity index is 1160. The molecule has 0 aliphatic rings. The highest BCUT2D eigenvalue weighted by molar-refractivity contribution is 5.76. The van der Waals surface area contributed by atoms with E-state index in [0.29, 0.717) is 25.9 Å². The normalized spacial score (nSPS) is 12.5. The Labute approximate surface area is 482 Å². The first-order valence-corrected chi connectivity index (χ1v) is 35.4. The van der Waals surface area contributed by atoms with Crippen molar-refractivity contribution in [3.8, 4) is 0 Å². The molecule has 0 heterocycles. The van der Waals surface area contributed by atoms with E-state index < -0.39 is 12.1 Å². The Hall–Kier alpha value is -1.40. The standard InChI is InChI=1S/C71H139NO5/c1-3-5-7-9-11-13-15-17-19-21-33-37-41-45-49-53-57-61-65-71(76)77-66-62-58-54-50-46-42-38-34-31-29-27-25-23-22-24-26-28-30-32-36-40-44-48-52-56-60-64-70(75)72-68(67-73)69(74)63-59-55-51-47-43-39-35-20-18-16-14-12-10-8-6-4-2/h19,21,68-69,73-74H,3-18,20,22-67H2,1-2H3,(H,72,75)/b21-19-. The van der Waals surface area contributed by atoms with Crippen LogP contribution in [0.4, 0.5) is 0 Å². The third-order valence-corrected chi connectivity index (χ3v) is 16.8. The van der Waals surface area contributed by atoms with Gasteiger partial charge >= 0.3 is 5.97 Å². The summed E-state index contributed by atoms with van der Waals surface area (Å²) in [6, 6.07) is -0.539. The van der Waals surface area contributed by atoms with Crippen LogP contribution in [0.15, 0.2) is 12.2 Å².